The standard InChI is InChI=1S/C11H5Br2Cl2N3O/c12-5-1-2-6(7(13)3-5)11(19)18-10-8(14)9(15)16-4-17-10/h1-4H,(H,16,17,18,19). The second-order valence-corrected chi connectivity index (χ2v) is 5.91. The lowest BCUT2D eigenvalue weighted by Gasteiger charge is -2.08. The third-order valence-corrected chi connectivity index (χ3v) is 4.05. The Balaban J connectivity index is 2.28. The van der Waals surface area contributed by atoms with Gasteiger partial charge < -0.3 is 5.32 Å². The van der Waals surface area contributed by atoms with Crippen LogP contribution in [0.4, 0.5) is 5.82 Å². The second-order valence-electron chi connectivity index (χ2n) is 3.41. The normalized spacial score (nSPS) is 10.3. The molecule has 1 heterocycles. The van der Waals surface area contributed by atoms with Gasteiger partial charge in [-0.05, 0) is 34.1 Å². The molecular weight excluding hydrogens is 421 g/mol. The zero-order valence-corrected chi connectivity index (χ0v) is 13.8. The van der Waals surface area contributed by atoms with Crippen molar-refractivity contribution in [2.24, 2.45) is 0 Å². The lowest BCUT2D eigenvalue weighted by molar-refractivity contribution is 0.102. The van der Waals surface area contributed by atoms with Gasteiger partial charge in [0.05, 0.1) is 5.56 Å². The van der Waals surface area contributed by atoms with Gasteiger partial charge in [0.15, 0.2) is 11.0 Å². The molecule has 98 valence electrons. The van der Waals surface area contributed by atoms with Crippen LogP contribution in [0, 0.1) is 0 Å². The Kier molecular flexibility index (Phi) is 4.78. The van der Waals surface area contributed by atoms with E-state index in [0.29, 0.717) is 10.0 Å². The van der Waals surface area contributed by atoms with Crippen molar-refractivity contribution in [3.8, 4) is 0 Å². The van der Waals surface area contributed by atoms with Gasteiger partial charge in [-0.1, -0.05) is 39.1 Å². The van der Waals surface area contributed by atoms with Gasteiger partial charge in [0.2, 0.25) is 0 Å². The van der Waals surface area contributed by atoms with Crippen molar-refractivity contribution in [3.05, 3.63) is 49.2 Å². The third kappa shape index (κ3) is 3.45. The largest absolute Gasteiger partial charge is 0.305 e. The zero-order chi connectivity index (χ0) is 14.0. The average Bonchev–Trinajstić information content (AvgIpc) is 2.34. The highest BCUT2D eigenvalue weighted by Gasteiger charge is 2.14. The predicted molar refractivity (Wildman–Crippen MR) is 81.8 cm³/mol. The molecule has 0 bridgehead atoms. The molecule has 0 fully saturated rings. The van der Waals surface area contributed by atoms with Crippen molar-refractivity contribution >= 4 is 66.8 Å². The van der Waals surface area contributed by atoms with Gasteiger partial charge in [-0.25, -0.2) is 9.97 Å². The van der Waals surface area contributed by atoms with Gasteiger partial charge in [0.25, 0.3) is 5.91 Å². The van der Waals surface area contributed by atoms with E-state index in [0.717, 1.165) is 4.47 Å². The summed E-state index contributed by atoms with van der Waals surface area (Å²) < 4.78 is 1.51. The molecular formula is C11H5Br2Cl2N3O. The summed E-state index contributed by atoms with van der Waals surface area (Å²) in [5, 5.41) is 2.76. The van der Waals surface area contributed by atoms with Crippen LogP contribution in [-0.4, -0.2) is 15.9 Å². The first kappa shape index (κ1) is 14.7. The van der Waals surface area contributed by atoms with E-state index in [1.165, 1.54) is 6.33 Å². The molecule has 2 rings (SSSR count). The van der Waals surface area contributed by atoms with Gasteiger partial charge in [-0.3, -0.25) is 4.79 Å². The molecule has 0 unspecified atom stereocenters. The van der Waals surface area contributed by atoms with E-state index >= 15 is 0 Å². The fourth-order valence-corrected chi connectivity index (χ4v) is 2.79. The maximum Gasteiger partial charge on any atom is 0.258 e. The summed E-state index contributed by atoms with van der Waals surface area (Å²) in [7, 11) is 0. The van der Waals surface area contributed by atoms with Crippen molar-refractivity contribution in [3.63, 3.8) is 0 Å². The van der Waals surface area contributed by atoms with E-state index in [2.05, 4.69) is 47.1 Å². The number of amides is 1. The van der Waals surface area contributed by atoms with Crippen LogP contribution in [0.2, 0.25) is 10.2 Å². The Morgan fingerprint density at radius 1 is 1.21 bits per heavy atom. The van der Waals surface area contributed by atoms with E-state index in [1.54, 1.807) is 18.2 Å². The Bertz CT molecular complexity index is 652. The highest BCUT2D eigenvalue weighted by Crippen LogP contribution is 2.27. The fourth-order valence-electron chi connectivity index (χ4n) is 1.28. The molecule has 0 aliphatic rings. The smallest absolute Gasteiger partial charge is 0.258 e. The van der Waals surface area contributed by atoms with E-state index in [9.17, 15) is 4.79 Å². The van der Waals surface area contributed by atoms with Crippen LogP contribution in [0.1, 0.15) is 10.4 Å². The molecule has 0 saturated heterocycles. The van der Waals surface area contributed by atoms with Gasteiger partial charge in [0, 0.05) is 8.95 Å². The Morgan fingerprint density at radius 2 is 1.95 bits per heavy atom. The minimum absolute atomic E-state index is 0.0850. The first-order chi connectivity index (χ1) is 8.99. The number of nitrogens with zero attached hydrogens (tertiary/aromatic N) is 2. The predicted octanol–water partition coefficient (Wildman–Crippen LogP) is 4.56. The molecule has 0 aliphatic carbocycles. The number of rotatable bonds is 2. The number of hydrogen-bond acceptors (Lipinski definition) is 3. The lowest BCUT2D eigenvalue weighted by atomic mass is 10.2. The van der Waals surface area contributed by atoms with E-state index in [1.807, 2.05) is 0 Å². The van der Waals surface area contributed by atoms with Gasteiger partial charge in [-0.15, -0.1) is 0 Å². The first-order valence-corrected chi connectivity index (χ1v) is 7.25. The molecule has 2 aromatic rings. The minimum atomic E-state index is -0.351. The molecule has 1 aromatic heterocycles. The molecule has 1 N–H and O–H groups in total. The van der Waals surface area contributed by atoms with Gasteiger partial charge in [0.1, 0.15) is 11.3 Å². The zero-order valence-electron chi connectivity index (χ0n) is 9.12. The summed E-state index contributed by atoms with van der Waals surface area (Å²) in [6, 6.07) is 5.19. The van der Waals surface area contributed by atoms with E-state index in [4.69, 9.17) is 23.2 Å². The summed E-state index contributed by atoms with van der Waals surface area (Å²) >= 11 is 18.3. The molecule has 4 nitrogen and oxygen atoms in total. The van der Waals surface area contributed by atoms with Gasteiger partial charge >= 0.3 is 0 Å². The summed E-state index contributed by atoms with van der Waals surface area (Å²) in [6.45, 7) is 0. The number of carbonyl (C=O) groups excluding carboxylic acids is 1. The van der Waals surface area contributed by atoms with Crippen molar-refractivity contribution < 1.29 is 4.79 Å². The van der Waals surface area contributed by atoms with Crippen molar-refractivity contribution in [2.75, 3.05) is 5.32 Å². The summed E-state index contributed by atoms with van der Waals surface area (Å²) in [5.41, 5.74) is 0.453. The molecule has 0 spiro atoms. The Hall–Kier alpha value is -0.690. The highest BCUT2D eigenvalue weighted by molar-refractivity contribution is 9.11. The van der Waals surface area contributed by atoms with Crippen molar-refractivity contribution in [2.45, 2.75) is 0 Å². The fraction of sp³-hybridized carbons (Fsp3) is 0. The third-order valence-electron chi connectivity index (χ3n) is 2.15. The summed E-state index contributed by atoms with van der Waals surface area (Å²) in [6.07, 6.45) is 1.22. The molecule has 1 amide bonds. The van der Waals surface area contributed by atoms with Crippen LogP contribution in [-0.2, 0) is 0 Å². The van der Waals surface area contributed by atoms with Crippen molar-refractivity contribution in [1.82, 2.24) is 9.97 Å². The average molecular weight is 426 g/mol. The maximum absolute atomic E-state index is 12.1. The lowest BCUT2D eigenvalue weighted by Crippen LogP contribution is -2.14. The van der Waals surface area contributed by atoms with E-state index in [-0.39, 0.29) is 21.9 Å². The van der Waals surface area contributed by atoms with Crippen LogP contribution in [0.25, 0.3) is 0 Å². The highest BCUT2D eigenvalue weighted by atomic mass is 79.9. The van der Waals surface area contributed by atoms with Crippen molar-refractivity contribution in [1.29, 1.82) is 0 Å². The Labute approximate surface area is 135 Å². The maximum atomic E-state index is 12.1. The number of halogens is 4. The Morgan fingerprint density at radius 3 is 2.63 bits per heavy atom. The molecule has 0 atom stereocenters. The molecule has 0 radical (unpaired) electrons. The van der Waals surface area contributed by atoms with E-state index < -0.39 is 0 Å². The van der Waals surface area contributed by atoms with Gasteiger partial charge in [-0.2, -0.15) is 0 Å². The number of anilines is 1. The van der Waals surface area contributed by atoms with Crippen LogP contribution in [0.3, 0.4) is 0 Å². The SMILES string of the molecule is O=C(Nc1ncnc(Cl)c1Cl)c1ccc(Br)cc1Br. The monoisotopic (exact) mass is 423 g/mol. The number of carbonyl (C=O) groups is 1. The second kappa shape index (κ2) is 6.17. The molecule has 0 saturated carbocycles. The van der Waals surface area contributed by atoms with Crippen LogP contribution >= 0.6 is 55.1 Å². The van der Waals surface area contributed by atoms with Crippen LogP contribution in [0.5, 0.6) is 0 Å². The molecule has 0 aliphatic heterocycles. The summed E-state index contributed by atoms with van der Waals surface area (Å²) in [5.74, 6) is -0.183. The summed E-state index contributed by atoms with van der Waals surface area (Å²) in [4.78, 5) is 19.7. The van der Waals surface area contributed by atoms with Crippen LogP contribution < -0.4 is 5.32 Å². The number of benzene rings is 1. The number of hydrogen-bond donors (Lipinski definition) is 1. The minimum Gasteiger partial charge on any atom is -0.305 e. The van der Waals surface area contributed by atoms with Crippen LogP contribution in [0.15, 0.2) is 33.5 Å². The topological polar surface area (TPSA) is 54.9 Å². The number of aromatic nitrogens is 2. The first-order valence-electron chi connectivity index (χ1n) is 4.91. The quantitative estimate of drug-likeness (QED) is 0.717. The molecule has 1 aromatic carbocycles. The molecule has 8 heteroatoms. The number of nitrogens with one attached hydrogen (secondary N) is 1. The molecule has 19 heavy (non-hydrogen) atoms.